The van der Waals surface area contributed by atoms with E-state index >= 15 is 0 Å². The number of thiophene rings is 1. The van der Waals surface area contributed by atoms with Crippen molar-refractivity contribution in [3.8, 4) is 5.75 Å². The monoisotopic (exact) mass is 419 g/mol. The second kappa shape index (κ2) is 8.42. The molecule has 154 valence electrons. The number of anilines is 1. The molecule has 1 aliphatic rings. The number of aryl methyl sites for hydroxylation is 1. The van der Waals surface area contributed by atoms with Crippen LogP contribution in [0.25, 0.3) is 0 Å². The minimum absolute atomic E-state index is 0.0484. The van der Waals surface area contributed by atoms with Crippen LogP contribution in [0, 0.1) is 6.92 Å². The van der Waals surface area contributed by atoms with Crippen molar-refractivity contribution in [2.75, 3.05) is 25.6 Å². The number of ketones is 1. The lowest BCUT2D eigenvalue weighted by atomic mass is 9.99. The molecule has 0 saturated heterocycles. The van der Waals surface area contributed by atoms with Crippen molar-refractivity contribution < 1.29 is 9.53 Å². The van der Waals surface area contributed by atoms with E-state index in [1.54, 1.807) is 7.11 Å². The van der Waals surface area contributed by atoms with Crippen LogP contribution in [0.3, 0.4) is 0 Å². The van der Waals surface area contributed by atoms with Gasteiger partial charge in [-0.15, -0.1) is 11.3 Å². The SMILES string of the molecule is COc1ccc2c(c1)N(C)C(C(N)C(=O)c1ccc(C)s1)CN=C2c1ccccc1. The Bertz CT molecular complexity index is 1090. The highest BCUT2D eigenvalue weighted by Crippen LogP contribution is 2.32. The van der Waals surface area contributed by atoms with Gasteiger partial charge in [-0.05, 0) is 31.2 Å². The average Bonchev–Trinajstić information content (AvgIpc) is 3.16. The molecular weight excluding hydrogens is 394 g/mol. The highest BCUT2D eigenvalue weighted by Gasteiger charge is 2.33. The summed E-state index contributed by atoms with van der Waals surface area (Å²) in [7, 11) is 3.62. The summed E-state index contributed by atoms with van der Waals surface area (Å²) in [5, 5.41) is 0. The van der Waals surface area contributed by atoms with Gasteiger partial charge < -0.3 is 15.4 Å². The van der Waals surface area contributed by atoms with Crippen LogP contribution in [0.15, 0.2) is 65.7 Å². The first kappa shape index (κ1) is 20.3. The molecule has 3 aromatic rings. The molecule has 6 heteroatoms. The molecule has 4 rings (SSSR count). The lowest BCUT2D eigenvalue weighted by Gasteiger charge is -2.32. The molecule has 2 heterocycles. The summed E-state index contributed by atoms with van der Waals surface area (Å²) in [6.45, 7) is 2.42. The average molecular weight is 420 g/mol. The first-order chi connectivity index (χ1) is 14.5. The number of ether oxygens (including phenoxy) is 1. The molecule has 0 spiro atoms. The molecule has 0 saturated carbocycles. The number of Topliss-reactive ketones (excluding diaryl/α,β-unsaturated/α-hetero) is 1. The fraction of sp³-hybridized carbons (Fsp3) is 0.250. The third-order valence-corrected chi connectivity index (χ3v) is 6.54. The fourth-order valence-corrected chi connectivity index (χ4v) is 4.66. The number of hydrogen-bond donors (Lipinski definition) is 1. The summed E-state index contributed by atoms with van der Waals surface area (Å²) in [5.41, 5.74) is 10.4. The van der Waals surface area contributed by atoms with Gasteiger partial charge in [-0.3, -0.25) is 9.79 Å². The zero-order valence-electron chi connectivity index (χ0n) is 17.3. The number of likely N-dealkylation sites (N-methyl/N-ethyl adjacent to an activating group) is 1. The molecule has 5 nitrogen and oxygen atoms in total. The lowest BCUT2D eigenvalue weighted by Crippen LogP contribution is -2.52. The zero-order valence-corrected chi connectivity index (χ0v) is 18.1. The maximum atomic E-state index is 13.1. The predicted octanol–water partition coefficient (Wildman–Crippen LogP) is 3.93. The summed E-state index contributed by atoms with van der Waals surface area (Å²) in [6, 6.07) is 18.9. The molecule has 1 aliphatic heterocycles. The van der Waals surface area contributed by atoms with Gasteiger partial charge in [0.2, 0.25) is 0 Å². The van der Waals surface area contributed by atoms with Crippen LogP contribution < -0.4 is 15.4 Å². The van der Waals surface area contributed by atoms with Crippen molar-refractivity contribution in [1.29, 1.82) is 0 Å². The largest absolute Gasteiger partial charge is 0.497 e. The van der Waals surface area contributed by atoms with Gasteiger partial charge in [0.05, 0.1) is 36.3 Å². The van der Waals surface area contributed by atoms with Gasteiger partial charge in [-0.1, -0.05) is 30.3 Å². The summed E-state index contributed by atoms with van der Waals surface area (Å²) in [5.74, 6) is 0.704. The van der Waals surface area contributed by atoms with E-state index in [0.29, 0.717) is 11.4 Å². The Morgan fingerprint density at radius 2 is 1.97 bits per heavy atom. The number of benzodiazepines with no additional fused rings is 1. The van der Waals surface area contributed by atoms with Crippen LogP contribution in [-0.4, -0.2) is 44.3 Å². The van der Waals surface area contributed by atoms with Gasteiger partial charge in [0, 0.05) is 34.8 Å². The lowest BCUT2D eigenvalue weighted by molar-refractivity contribution is 0.0954. The number of nitrogens with zero attached hydrogens (tertiary/aromatic N) is 2. The molecule has 2 N–H and O–H groups in total. The molecular formula is C24H25N3O2S. The van der Waals surface area contributed by atoms with Crippen LogP contribution in [0.2, 0.25) is 0 Å². The van der Waals surface area contributed by atoms with Gasteiger partial charge in [0.15, 0.2) is 5.78 Å². The third kappa shape index (κ3) is 3.76. The van der Waals surface area contributed by atoms with E-state index in [1.807, 2.05) is 74.6 Å². The maximum Gasteiger partial charge on any atom is 0.191 e. The van der Waals surface area contributed by atoms with Crippen molar-refractivity contribution in [1.82, 2.24) is 0 Å². The van der Waals surface area contributed by atoms with E-state index in [0.717, 1.165) is 33.2 Å². The molecule has 2 aromatic carbocycles. The first-order valence-electron chi connectivity index (χ1n) is 9.87. The number of carbonyl (C=O) groups is 1. The van der Waals surface area contributed by atoms with E-state index in [9.17, 15) is 4.79 Å². The topological polar surface area (TPSA) is 67.9 Å². The van der Waals surface area contributed by atoms with Crippen LogP contribution >= 0.6 is 11.3 Å². The molecule has 0 bridgehead atoms. The number of hydrogen-bond acceptors (Lipinski definition) is 6. The molecule has 1 aromatic heterocycles. The second-order valence-corrected chi connectivity index (χ2v) is 8.70. The van der Waals surface area contributed by atoms with Crippen LogP contribution in [0.4, 0.5) is 5.69 Å². The highest BCUT2D eigenvalue weighted by atomic mass is 32.1. The first-order valence-corrected chi connectivity index (χ1v) is 10.7. The van der Waals surface area contributed by atoms with E-state index in [-0.39, 0.29) is 11.8 Å². The summed E-state index contributed by atoms with van der Waals surface area (Å²) in [4.78, 5) is 21.9. The van der Waals surface area contributed by atoms with Crippen molar-refractivity contribution in [3.05, 3.63) is 81.5 Å². The summed E-state index contributed by atoms with van der Waals surface area (Å²) in [6.07, 6.45) is 0. The maximum absolute atomic E-state index is 13.1. The van der Waals surface area contributed by atoms with Crippen molar-refractivity contribution in [2.24, 2.45) is 10.7 Å². The van der Waals surface area contributed by atoms with Crippen LogP contribution in [-0.2, 0) is 0 Å². The van der Waals surface area contributed by atoms with Gasteiger partial charge in [0.25, 0.3) is 0 Å². The minimum Gasteiger partial charge on any atom is -0.497 e. The number of carbonyl (C=O) groups excluding carboxylic acids is 1. The van der Waals surface area contributed by atoms with Gasteiger partial charge in [0.1, 0.15) is 5.75 Å². The normalized spacial score (nSPS) is 17.0. The van der Waals surface area contributed by atoms with Crippen molar-refractivity contribution >= 4 is 28.5 Å². The fourth-order valence-electron chi connectivity index (χ4n) is 3.80. The number of methoxy groups -OCH3 is 1. The molecule has 30 heavy (non-hydrogen) atoms. The van der Waals surface area contributed by atoms with Gasteiger partial charge in [-0.25, -0.2) is 0 Å². The minimum atomic E-state index is -0.689. The van der Waals surface area contributed by atoms with Crippen LogP contribution in [0.5, 0.6) is 5.75 Å². The third-order valence-electron chi connectivity index (χ3n) is 5.52. The number of nitrogens with two attached hydrogens (primary N) is 1. The Balaban J connectivity index is 1.77. The van der Waals surface area contributed by atoms with E-state index in [2.05, 4.69) is 4.90 Å². The Hall–Kier alpha value is -2.96. The van der Waals surface area contributed by atoms with Gasteiger partial charge in [-0.2, -0.15) is 0 Å². The number of fused-ring (bicyclic) bond motifs is 1. The molecule has 2 unspecified atom stereocenters. The smallest absolute Gasteiger partial charge is 0.191 e. The van der Waals surface area contributed by atoms with Crippen LogP contribution in [0.1, 0.15) is 25.7 Å². The molecule has 0 aliphatic carbocycles. The Morgan fingerprint density at radius 3 is 2.63 bits per heavy atom. The van der Waals surface area contributed by atoms with Crippen molar-refractivity contribution in [3.63, 3.8) is 0 Å². The van der Waals surface area contributed by atoms with Crippen molar-refractivity contribution in [2.45, 2.75) is 19.0 Å². The van der Waals surface area contributed by atoms with E-state index < -0.39 is 6.04 Å². The molecule has 0 fully saturated rings. The highest BCUT2D eigenvalue weighted by molar-refractivity contribution is 7.14. The Labute approximate surface area is 180 Å². The number of aliphatic imine (C=N–C) groups is 1. The molecule has 0 amide bonds. The molecule has 2 atom stereocenters. The van der Waals surface area contributed by atoms with E-state index in [1.165, 1.54) is 11.3 Å². The quantitative estimate of drug-likeness (QED) is 0.636. The van der Waals surface area contributed by atoms with Gasteiger partial charge >= 0.3 is 0 Å². The molecule has 0 radical (unpaired) electrons. The Morgan fingerprint density at radius 1 is 1.20 bits per heavy atom. The second-order valence-electron chi connectivity index (χ2n) is 7.42. The number of rotatable bonds is 5. The number of benzene rings is 2. The summed E-state index contributed by atoms with van der Waals surface area (Å²) < 4.78 is 5.46. The predicted molar refractivity (Wildman–Crippen MR) is 123 cm³/mol. The van der Waals surface area contributed by atoms with E-state index in [4.69, 9.17) is 15.5 Å². The Kier molecular flexibility index (Phi) is 5.70. The summed E-state index contributed by atoms with van der Waals surface area (Å²) >= 11 is 1.48. The zero-order chi connectivity index (χ0) is 21.3. The standard InChI is InChI=1S/C24H25N3O2S/c1-15-9-12-21(30-15)24(28)22(25)20-14-26-23(16-7-5-4-6-8-16)18-11-10-17(29-3)13-19(18)27(20)2/h4-13,20,22H,14,25H2,1-3H3.